The Balaban J connectivity index is 1.58. The van der Waals surface area contributed by atoms with E-state index in [4.69, 9.17) is 14.2 Å². The van der Waals surface area contributed by atoms with E-state index in [9.17, 15) is 9.59 Å². The molecule has 1 fully saturated rings. The zero-order valence-corrected chi connectivity index (χ0v) is 17.0. The molecule has 3 heterocycles. The first-order valence-corrected chi connectivity index (χ1v) is 9.87. The lowest BCUT2D eigenvalue weighted by atomic mass is 9.74. The number of hydrogen-bond acceptors (Lipinski definition) is 5. The molecule has 2 N–H and O–H groups in total. The second kappa shape index (κ2) is 7.55. The van der Waals surface area contributed by atoms with Crippen LogP contribution in [0.3, 0.4) is 0 Å². The SMILES string of the molecule is CC(=O)c1c(C)[nH]c(C(=O)NCC2(c3ccc4c(c3)OCO4)CCOCC2)c1C. The molecule has 2 aromatic rings. The van der Waals surface area contributed by atoms with Gasteiger partial charge >= 0.3 is 0 Å². The van der Waals surface area contributed by atoms with Gasteiger partial charge in [0.15, 0.2) is 17.3 Å². The maximum atomic E-state index is 12.9. The zero-order chi connectivity index (χ0) is 20.6. The maximum Gasteiger partial charge on any atom is 0.268 e. The third-order valence-corrected chi connectivity index (χ3v) is 6.04. The van der Waals surface area contributed by atoms with Crippen molar-refractivity contribution in [2.24, 2.45) is 0 Å². The summed E-state index contributed by atoms with van der Waals surface area (Å²) >= 11 is 0. The van der Waals surface area contributed by atoms with Crippen LogP contribution in [-0.4, -0.2) is 43.2 Å². The second-order valence-corrected chi connectivity index (χ2v) is 7.82. The van der Waals surface area contributed by atoms with Gasteiger partial charge < -0.3 is 24.5 Å². The Morgan fingerprint density at radius 2 is 1.86 bits per heavy atom. The molecule has 0 atom stereocenters. The van der Waals surface area contributed by atoms with Gasteiger partial charge in [-0.2, -0.15) is 0 Å². The van der Waals surface area contributed by atoms with Crippen molar-refractivity contribution in [3.63, 3.8) is 0 Å². The molecule has 4 rings (SSSR count). The molecule has 1 aromatic carbocycles. The second-order valence-electron chi connectivity index (χ2n) is 7.82. The minimum atomic E-state index is -0.242. The third kappa shape index (κ3) is 3.51. The summed E-state index contributed by atoms with van der Waals surface area (Å²) < 4.78 is 16.6. The fraction of sp³-hybridized carbons (Fsp3) is 0.455. The minimum absolute atomic E-state index is 0.0449. The number of fused-ring (bicyclic) bond motifs is 1. The van der Waals surface area contributed by atoms with E-state index in [1.807, 2.05) is 25.1 Å². The van der Waals surface area contributed by atoms with Crippen molar-refractivity contribution in [3.05, 3.63) is 46.3 Å². The van der Waals surface area contributed by atoms with Gasteiger partial charge in [0.1, 0.15) is 5.69 Å². The molecule has 0 radical (unpaired) electrons. The smallest absolute Gasteiger partial charge is 0.268 e. The Bertz CT molecular complexity index is 956. The summed E-state index contributed by atoms with van der Waals surface area (Å²) in [7, 11) is 0. The van der Waals surface area contributed by atoms with Gasteiger partial charge in [-0.15, -0.1) is 0 Å². The molecule has 154 valence electrons. The summed E-state index contributed by atoms with van der Waals surface area (Å²) in [6.07, 6.45) is 1.60. The Morgan fingerprint density at radius 1 is 1.14 bits per heavy atom. The number of benzene rings is 1. The molecule has 29 heavy (non-hydrogen) atoms. The van der Waals surface area contributed by atoms with Crippen LogP contribution in [0.15, 0.2) is 18.2 Å². The summed E-state index contributed by atoms with van der Waals surface area (Å²) in [4.78, 5) is 27.9. The predicted molar refractivity (Wildman–Crippen MR) is 107 cm³/mol. The number of aromatic nitrogens is 1. The van der Waals surface area contributed by atoms with E-state index >= 15 is 0 Å². The van der Waals surface area contributed by atoms with Crippen molar-refractivity contribution in [2.75, 3.05) is 26.6 Å². The highest BCUT2D eigenvalue weighted by Gasteiger charge is 2.36. The fourth-order valence-electron chi connectivity index (χ4n) is 4.40. The fourth-order valence-corrected chi connectivity index (χ4v) is 4.40. The van der Waals surface area contributed by atoms with Crippen LogP contribution in [0.4, 0.5) is 0 Å². The first-order chi connectivity index (χ1) is 13.9. The Kier molecular flexibility index (Phi) is 5.08. The number of aryl methyl sites for hydroxylation is 1. The van der Waals surface area contributed by atoms with Crippen LogP contribution in [0, 0.1) is 13.8 Å². The Hall–Kier alpha value is -2.80. The first kappa shape index (κ1) is 19.5. The lowest BCUT2D eigenvalue weighted by Gasteiger charge is -2.38. The lowest BCUT2D eigenvalue weighted by molar-refractivity contribution is 0.0486. The number of Topliss-reactive ketones (excluding diaryl/α,β-unsaturated/α-hetero) is 1. The standard InChI is InChI=1S/C22H26N2O5/c1-13-19(15(3)25)14(2)24-20(13)21(26)23-11-22(6-8-27-9-7-22)16-4-5-17-18(10-16)29-12-28-17/h4-5,10,24H,6-9,11-12H2,1-3H3,(H,23,26). The largest absolute Gasteiger partial charge is 0.454 e. The van der Waals surface area contributed by atoms with Gasteiger partial charge in [0, 0.05) is 36.4 Å². The number of carbonyl (C=O) groups is 2. The number of amides is 1. The Morgan fingerprint density at radius 3 is 2.55 bits per heavy atom. The molecule has 0 bridgehead atoms. The normalized spacial score (nSPS) is 17.2. The van der Waals surface area contributed by atoms with E-state index in [1.165, 1.54) is 6.92 Å². The van der Waals surface area contributed by atoms with Crippen molar-refractivity contribution in [1.82, 2.24) is 10.3 Å². The van der Waals surface area contributed by atoms with E-state index in [0.29, 0.717) is 36.6 Å². The van der Waals surface area contributed by atoms with Crippen molar-refractivity contribution in [2.45, 2.75) is 39.0 Å². The average Bonchev–Trinajstić information content (AvgIpc) is 3.30. The van der Waals surface area contributed by atoms with Crippen molar-refractivity contribution in [3.8, 4) is 11.5 Å². The number of hydrogen-bond donors (Lipinski definition) is 2. The molecule has 0 spiro atoms. The zero-order valence-electron chi connectivity index (χ0n) is 17.0. The van der Waals surface area contributed by atoms with Gasteiger partial charge in [0.05, 0.1) is 0 Å². The molecule has 0 unspecified atom stereocenters. The maximum absolute atomic E-state index is 12.9. The topological polar surface area (TPSA) is 89.7 Å². The van der Waals surface area contributed by atoms with E-state index in [0.717, 1.165) is 35.6 Å². The molecule has 2 aliphatic heterocycles. The first-order valence-electron chi connectivity index (χ1n) is 9.87. The van der Waals surface area contributed by atoms with E-state index in [1.54, 1.807) is 6.92 Å². The number of rotatable bonds is 5. The molecular weight excluding hydrogens is 372 g/mol. The van der Waals surface area contributed by atoms with Crippen molar-refractivity contribution in [1.29, 1.82) is 0 Å². The molecule has 7 heteroatoms. The predicted octanol–water partition coefficient (Wildman–Crippen LogP) is 3.04. The number of ketones is 1. The van der Waals surface area contributed by atoms with Crippen LogP contribution in [0.25, 0.3) is 0 Å². The number of H-pyrrole nitrogens is 1. The van der Waals surface area contributed by atoms with Gasteiger partial charge in [0.25, 0.3) is 5.91 Å². The van der Waals surface area contributed by atoms with Crippen LogP contribution in [0.5, 0.6) is 11.5 Å². The van der Waals surface area contributed by atoms with Crippen LogP contribution in [0.2, 0.25) is 0 Å². The van der Waals surface area contributed by atoms with Crippen molar-refractivity contribution >= 4 is 11.7 Å². The van der Waals surface area contributed by atoms with Gasteiger partial charge in [-0.1, -0.05) is 6.07 Å². The highest BCUT2D eigenvalue weighted by Crippen LogP contribution is 2.40. The van der Waals surface area contributed by atoms with Crippen LogP contribution >= 0.6 is 0 Å². The van der Waals surface area contributed by atoms with Crippen LogP contribution in [-0.2, 0) is 10.2 Å². The number of nitrogens with one attached hydrogen (secondary N) is 2. The highest BCUT2D eigenvalue weighted by molar-refractivity contribution is 6.02. The number of carbonyl (C=O) groups excluding carboxylic acids is 2. The molecular formula is C22H26N2O5. The number of aromatic amines is 1. The van der Waals surface area contributed by atoms with Gasteiger partial charge in [-0.05, 0) is 56.9 Å². The summed E-state index contributed by atoms with van der Waals surface area (Å²) in [5.74, 6) is 1.23. The highest BCUT2D eigenvalue weighted by atomic mass is 16.7. The van der Waals surface area contributed by atoms with Crippen LogP contribution < -0.4 is 14.8 Å². The molecule has 7 nitrogen and oxygen atoms in total. The van der Waals surface area contributed by atoms with Crippen LogP contribution in [0.1, 0.15) is 57.4 Å². The monoisotopic (exact) mass is 398 g/mol. The van der Waals surface area contributed by atoms with Gasteiger partial charge in [-0.25, -0.2) is 0 Å². The number of ether oxygens (including phenoxy) is 3. The minimum Gasteiger partial charge on any atom is -0.454 e. The summed E-state index contributed by atoms with van der Waals surface area (Å²) in [6.45, 7) is 7.11. The molecule has 0 aliphatic carbocycles. The molecule has 2 aliphatic rings. The van der Waals surface area contributed by atoms with Gasteiger partial charge in [0.2, 0.25) is 6.79 Å². The average molecular weight is 398 g/mol. The third-order valence-electron chi connectivity index (χ3n) is 6.04. The molecule has 0 saturated carbocycles. The van der Waals surface area contributed by atoms with E-state index < -0.39 is 0 Å². The summed E-state index contributed by atoms with van der Waals surface area (Å²) in [5, 5.41) is 3.09. The molecule has 1 saturated heterocycles. The Labute approximate surface area is 169 Å². The molecule has 1 amide bonds. The van der Waals surface area contributed by atoms with Crippen molar-refractivity contribution < 1.29 is 23.8 Å². The lowest BCUT2D eigenvalue weighted by Crippen LogP contribution is -2.44. The molecule has 1 aromatic heterocycles. The summed E-state index contributed by atoms with van der Waals surface area (Å²) in [5.41, 5.74) is 3.31. The van der Waals surface area contributed by atoms with Gasteiger partial charge in [-0.3, -0.25) is 9.59 Å². The van der Waals surface area contributed by atoms with E-state index in [-0.39, 0.29) is 23.9 Å². The summed E-state index contributed by atoms with van der Waals surface area (Å²) in [6, 6.07) is 5.98. The van der Waals surface area contributed by atoms with E-state index in [2.05, 4.69) is 10.3 Å². The quantitative estimate of drug-likeness (QED) is 0.756.